The molecule has 162 valence electrons. The number of allylic oxidation sites excluding steroid dienone is 2. The Morgan fingerprint density at radius 3 is 2.29 bits per heavy atom. The minimum atomic E-state index is -0.769. The van der Waals surface area contributed by atoms with Gasteiger partial charge in [0.15, 0.2) is 0 Å². The van der Waals surface area contributed by atoms with Crippen molar-refractivity contribution < 1.29 is 14.4 Å². The normalized spacial score (nSPS) is 21.5. The van der Waals surface area contributed by atoms with Gasteiger partial charge in [0.2, 0.25) is 17.7 Å². The van der Waals surface area contributed by atoms with E-state index < -0.39 is 6.04 Å². The maximum absolute atomic E-state index is 13.1. The summed E-state index contributed by atoms with van der Waals surface area (Å²) >= 11 is 0. The quantitative estimate of drug-likeness (QED) is 0.551. The van der Waals surface area contributed by atoms with Gasteiger partial charge in [0.1, 0.15) is 6.04 Å². The lowest BCUT2D eigenvalue weighted by Gasteiger charge is -2.27. The molecule has 1 aromatic carbocycles. The van der Waals surface area contributed by atoms with E-state index in [0.717, 1.165) is 11.3 Å². The fourth-order valence-electron chi connectivity index (χ4n) is 4.40. The predicted molar refractivity (Wildman–Crippen MR) is 116 cm³/mol. The number of imide groups is 1. The minimum absolute atomic E-state index is 0.172. The number of hydrogen-bond acceptors (Lipinski definition) is 4. The second-order valence-corrected chi connectivity index (χ2v) is 8.68. The summed E-state index contributed by atoms with van der Waals surface area (Å²) in [6, 6.07) is 8.82. The zero-order valence-corrected chi connectivity index (χ0v) is 17.9. The maximum Gasteiger partial charge on any atom is 0.243 e. The zero-order chi connectivity index (χ0) is 22.0. The first-order chi connectivity index (χ1) is 15.0. The molecule has 31 heavy (non-hydrogen) atoms. The van der Waals surface area contributed by atoms with Gasteiger partial charge in [0, 0.05) is 18.9 Å². The number of hydrogen-bond donors (Lipinski definition) is 1. The number of aromatic nitrogens is 2. The summed E-state index contributed by atoms with van der Waals surface area (Å²) in [6.45, 7) is 4.32. The Bertz CT molecular complexity index is 953. The molecule has 3 atom stereocenters. The van der Waals surface area contributed by atoms with E-state index >= 15 is 0 Å². The maximum atomic E-state index is 13.1. The van der Waals surface area contributed by atoms with Crippen LogP contribution in [0, 0.1) is 17.8 Å². The van der Waals surface area contributed by atoms with Crippen LogP contribution in [0.25, 0.3) is 5.69 Å². The van der Waals surface area contributed by atoms with Crippen molar-refractivity contribution in [3.8, 4) is 5.69 Å². The van der Waals surface area contributed by atoms with Crippen LogP contribution in [0.3, 0.4) is 0 Å². The minimum Gasteiger partial charge on any atom is -0.350 e. The summed E-state index contributed by atoms with van der Waals surface area (Å²) in [6.07, 6.45) is 9.10. The fourth-order valence-corrected chi connectivity index (χ4v) is 4.40. The molecule has 1 aromatic heterocycles. The number of carbonyl (C=O) groups excluding carboxylic acids is 3. The Hall–Kier alpha value is -3.22. The van der Waals surface area contributed by atoms with E-state index in [-0.39, 0.29) is 35.5 Å². The van der Waals surface area contributed by atoms with Crippen molar-refractivity contribution >= 4 is 17.7 Å². The van der Waals surface area contributed by atoms with Crippen molar-refractivity contribution in [3.63, 3.8) is 0 Å². The molecular formula is C24H28N4O3. The van der Waals surface area contributed by atoms with E-state index in [4.69, 9.17) is 0 Å². The van der Waals surface area contributed by atoms with Crippen LogP contribution in [0.4, 0.5) is 0 Å². The Labute approximate surface area is 182 Å². The van der Waals surface area contributed by atoms with Gasteiger partial charge in [-0.3, -0.25) is 19.3 Å². The summed E-state index contributed by atoms with van der Waals surface area (Å²) in [5, 5.41) is 7.14. The number of nitrogens with zero attached hydrogens (tertiary/aromatic N) is 3. The first kappa shape index (κ1) is 21.0. The molecule has 7 heteroatoms. The Morgan fingerprint density at radius 2 is 1.74 bits per heavy atom. The number of rotatable bonds is 7. The van der Waals surface area contributed by atoms with Crippen molar-refractivity contribution in [2.75, 3.05) is 0 Å². The van der Waals surface area contributed by atoms with E-state index in [1.54, 1.807) is 10.9 Å². The fraction of sp³-hybridized carbons (Fsp3) is 0.417. The Kier molecular flexibility index (Phi) is 6.02. The molecule has 3 unspecified atom stereocenters. The van der Waals surface area contributed by atoms with Gasteiger partial charge in [-0.25, -0.2) is 4.68 Å². The third kappa shape index (κ3) is 4.31. The third-order valence-electron chi connectivity index (χ3n) is 6.02. The highest BCUT2D eigenvalue weighted by molar-refractivity contribution is 6.08. The summed E-state index contributed by atoms with van der Waals surface area (Å²) in [7, 11) is 0. The highest BCUT2D eigenvalue weighted by atomic mass is 16.2. The van der Waals surface area contributed by atoms with Gasteiger partial charge in [-0.2, -0.15) is 5.10 Å². The van der Waals surface area contributed by atoms with Crippen LogP contribution in [0.15, 0.2) is 54.9 Å². The van der Waals surface area contributed by atoms with Crippen LogP contribution < -0.4 is 5.32 Å². The number of benzene rings is 1. The van der Waals surface area contributed by atoms with Crippen LogP contribution in [-0.2, 0) is 20.9 Å². The average Bonchev–Trinajstić information content (AvgIpc) is 3.39. The molecule has 1 N–H and O–H groups in total. The van der Waals surface area contributed by atoms with Crippen molar-refractivity contribution in [2.24, 2.45) is 17.8 Å². The first-order valence-electron chi connectivity index (χ1n) is 10.8. The summed E-state index contributed by atoms with van der Waals surface area (Å²) in [5.74, 6) is -1.17. The zero-order valence-electron chi connectivity index (χ0n) is 17.9. The number of amides is 3. The molecule has 7 nitrogen and oxygen atoms in total. The highest BCUT2D eigenvalue weighted by Gasteiger charge is 2.51. The summed E-state index contributed by atoms with van der Waals surface area (Å²) in [5.41, 5.74) is 1.87. The SMILES string of the molecule is CC(C)CC(C(=O)NCc1ccc(-n2cccn2)cc1)N1C(=O)C2CC=CCC2C1=O. The van der Waals surface area contributed by atoms with Crippen molar-refractivity contribution in [1.29, 1.82) is 0 Å². The molecule has 3 amide bonds. The lowest BCUT2D eigenvalue weighted by atomic mass is 9.85. The van der Waals surface area contributed by atoms with E-state index in [1.165, 1.54) is 4.90 Å². The molecule has 4 rings (SSSR count). The topological polar surface area (TPSA) is 84.3 Å². The van der Waals surface area contributed by atoms with Crippen molar-refractivity contribution in [2.45, 2.75) is 45.7 Å². The average molecular weight is 421 g/mol. The standard InChI is InChI=1S/C24H28N4O3/c1-16(2)14-21(28-23(30)19-6-3-4-7-20(19)24(28)31)22(29)25-15-17-8-10-18(11-9-17)27-13-5-12-26-27/h3-5,8-13,16,19-21H,6-7,14-15H2,1-2H3,(H,25,29). The molecule has 1 aliphatic carbocycles. The van der Waals surface area contributed by atoms with Gasteiger partial charge in [0.25, 0.3) is 0 Å². The summed E-state index contributed by atoms with van der Waals surface area (Å²) < 4.78 is 1.76. The van der Waals surface area contributed by atoms with E-state index in [0.29, 0.717) is 25.8 Å². The molecule has 1 saturated heterocycles. The molecule has 0 bridgehead atoms. The molecule has 2 aromatic rings. The molecule has 2 heterocycles. The number of likely N-dealkylation sites (tertiary alicyclic amines) is 1. The molecule has 1 aliphatic heterocycles. The first-order valence-corrected chi connectivity index (χ1v) is 10.8. The van der Waals surface area contributed by atoms with E-state index in [1.807, 2.05) is 62.5 Å². The van der Waals surface area contributed by atoms with Gasteiger partial charge in [-0.15, -0.1) is 0 Å². The van der Waals surface area contributed by atoms with Crippen LogP contribution in [0.2, 0.25) is 0 Å². The lowest BCUT2D eigenvalue weighted by molar-refractivity contribution is -0.148. The lowest BCUT2D eigenvalue weighted by Crippen LogP contribution is -2.50. The monoisotopic (exact) mass is 420 g/mol. The number of nitrogens with one attached hydrogen (secondary N) is 1. The molecule has 2 aliphatic rings. The highest BCUT2D eigenvalue weighted by Crippen LogP contribution is 2.37. The second kappa shape index (κ2) is 8.88. The van der Waals surface area contributed by atoms with Crippen molar-refractivity contribution in [3.05, 3.63) is 60.4 Å². The molecular weight excluding hydrogens is 392 g/mol. The van der Waals surface area contributed by atoms with Gasteiger partial charge in [-0.1, -0.05) is 38.1 Å². The molecule has 0 saturated carbocycles. The van der Waals surface area contributed by atoms with Crippen LogP contribution in [0.1, 0.15) is 38.7 Å². The van der Waals surface area contributed by atoms with Crippen LogP contribution >= 0.6 is 0 Å². The molecule has 0 radical (unpaired) electrons. The van der Waals surface area contributed by atoms with Crippen LogP contribution in [0.5, 0.6) is 0 Å². The van der Waals surface area contributed by atoms with Gasteiger partial charge in [0.05, 0.1) is 17.5 Å². The molecule has 0 spiro atoms. The number of carbonyl (C=O) groups is 3. The van der Waals surface area contributed by atoms with Crippen molar-refractivity contribution in [1.82, 2.24) is 20.0 Å². The van der Waals surface area contributed by atoms with Gasteiger partial charge < -0.3 is 5.32 Å². The second-order valence-electron chi connectivity index (χ2n) is 8.68. The van der Waals surface area contributed by atoms with Crippen LogP contribution in [-0.4, -0.2) is 38.4 Å². The Balaban J connectivity index is 1.45. The Morgan fingerprint density at radius 1 is 1.10 bits per heavy atom. The number of fused-ring (bicyclic) bond motifs is 1. The third-order valence-corrected chi connectivity index (χ3v) is 6.02. The molecule has 1 fully saturated rings. The largest absolute Gasteiger partial charge is 0.350 e. The smallest absolute Gasteiger partial charge is 0.243 e. The van der Waals surface area contributed by atoms with Gasteiger partial charge in [-0.05, 0) is 48.9 Å². The predicted octanol–water partition coefficient (Wildman–Crippen LogP) is 2.85. The van der Waals surface area contributed by atoms with E-state index in [2.05, 4.69) is 10.4 Å². The summed E-state index contributed by atoms with van der Waals surface area (Å²) in [4.78, 5) is 40.3. The van der Waals surface area contributed by atoms with Gasteiger partial charge >= 0.3 is 0 Å². The van der Waals surface area contributed by atoms with E-state index in [9.17, 15) is 14.4 Å².